The normalized spacial score (nSPS) is 33.7. The lowest BCUT2D eigenvalue weighted by molar-refractivity contribution is 0.116. The van der Waals surface area contributed by atoms with E-state index in [0.717, 1.165) is 6.42 Å². The molecule has 3 aliphatic rings. The molecule has 0 aromatic heterocycles. The molecule has 0 bridgehead atoms. The summed E-state index contributed by atoms with van der Waals surface area (Å²) in [6, 6.07) is 6.15. The van der Waals surface area contributed by atoms with Crippen LogP contribution in [0.1, 0.15) is 56.1 Å². The zero-order chi connectivity index (χ0) is 14.5. The van der Waals surface area contributed by atoms with E-state index in [4.69, 9.17) is 0 Å². The van der Waals surface area contributed by atoms with Gasteiger partial charge in [0.1, 0.15) is 5.75 Å². The Bertz CT molecular complexity index is 550. The number of phenolic OH excluding ortho intramolecular Hbond substituents is 1. The fourth-order valence-electron chi connectivity index (χ4n) is 4.87. The minimum atomic E-state index is 0.438. The molecule has 2 fully saturated rings. The van der Waals surface area contributed by atoms with E-state index in [0.29, 0.717) is 21.2 Å². The molecule has 0 radical (unpaired) electrons. The van der Waals surface area contributed by atoms with E-state index in [9.17, 15) is 5.11 Å². The molecule has 1 nitrogen and oxygen atoms in total. The molecule has 1 aromatic carbocycles. The topological polar surface area (TPSA) is 20.2 Å². The lowest BCUT2D eigenvalue weighted by Gasteiger charge is -2.53. The Kier molecular flexibility index (Phi) is 3.50. The number of aromatic hydroxyl groups is 1. The predicted octanol–water partition coefficient (Wildman–Crippen LogP) is 5.18. The molecule has 3 heteroatoms. The van der Waals surface area contributed by atoms with Gasteiger partial charge < -0.3 is 5.11 Å². The highest BCUT2D eigenvalue weighted by Gasteiger charge is 2.52. The van der Waals surface area contributed by atoms with E-state index in [-0.39, 0.29) is 0 Å². The van der Waals surface area contributed by atoms with Gasteiger partial charge in [-0.1, -0.05) is 13.0 Å². The maximum Gasteiger partial charge on any atom is 0.115 e. The second kappa shape index (κ2) is 5.13. The van der Waals surface area contributed by atoms with Crippen LogP contribution >= 0.6 is 23.5 Å². The van der Waals surface area contributed by atoms with Gasteiger partial charge >= 0.3 is 0 Å². The van der Waals surface area contributed by atoms with Crippen molar-refractivity contribution >= 4 is 23.5 Å². The molecule has 1 aliphatic heterocycles. The molecule has 1 N–H and O–H groups in total. The van der Waals surface area contributed by atoms with Crippen molar-refractivity contribution in [3.05, 3.63) is 29.3 Å². The van der Waals surface area contributed by atoms with Gasteiger partial charge in [0.25, 0.3) is 0 Å². The van der Waals surface area contributed by atoms with E-state index in [1.807, 2.05) is 12.1 Å². The van der Waals surface area contributed by atoms with Crippen molar-refractivity contribution < 1.29 is 5.11 Å². The molecule has 1 saturated heterocycles. The summed E-state index contributed by atoms with van der Waals surface area (Å²) in [6.07, 6.45) is 7.92. The molecule has 1 heterocycles. The van der Waals surface area contributed by atoms with Crippen molar-refractivity contribution in [2.24, 2.45) is 5.41 Å². The minimum absolute atomic E-state index is 0.438. The highest BCUT2D eigenvalue weighted by molar-refractivity contribution is 8.21. The van der Waals surface area contributed by atoms with Crippen molar-refractivity contribution in [3.63, 3.8) is 0 Å². The predicted molar refractivity (Wildman–Crippen MR) is 93.4 cm³/mol. The number of aryl methyl sites for hydroxylation is 1. The fourth-order valence-corrected chi connectivity index (χ4v) is 8.18. The summed E-state index contributed by atoms with van der Waals surface area (Å²) in [5, 5.41) is 9.80. The van der Waals surface area contributed by atoms with E-state index in [1.165, 1.54) is 49.2 Å². The third-order valence-electron chi connectivity index (χ3n) is 6.17. The van der Waals surface area contributed by atoms with Gasteiger partial charge in [0, 0.05) is 11.5 Å². The van der Waals surface area contributed by atoms with Crippen molar-refractivity contribution in [3.8, 4) is 5.75 Å². The Morgan fingerprint density at radius 1 is 1.19 bits per heavy atom. The van der Waals surface area contributed by atoms with Crippen LogP contribution in [-0.4, -0.2) is 20.7 Å². The second-order valence-electron chi connectivity index (χ2n) is 6.96. The molecule has 2 unspecified atom stereocenters. The maximum absolute atomic E-state index is 9.80. The molecule has 0 amide bonds. The van der Waals surface area contributed by atoms with E-state index >= 15 is 0 Å². The Balaban J connectivity index is 1.75. The zero-order valence-electron chi connectivity index (χ0n) is 12.7. The van der Waals surface area contributed by atoms with Crippen LogP contribution < -0.4 is 0 Å². The third-order valence-corrected chi connectivity index (χ3v) is 9.75. The Labute approximate surface area is 136 Å². The van der Waals surface area contributed by atoms with Gasteiger partial charge in [-0.2, -0.15) is 0 Å². The molecule has 4 rings (SSSR count). The van der Waals surface area contributed by atoms with Gasteiger partial charge in [0.05, 0.1) is 4.08 Å². The molecule has 1 aromatic rings. The standard InChI is InChI=1S/C18H24OS2/c1-2-17-6-5-13-11-14(19)3-4-15(13)16(17)12-18(8-7-17)20-9-10-21-18/h3-4,11,16,19H,2,5-10,12H2,1H3. The number of benzene rings is 1. The average molecular weight is 321 g/mol. The molecule has 21 heavy (non-hydrogen) atoms. The van der Waals surface area contributed by atoms with Crippen LogP contribution in [0.3, 0.4) is 0 Å². The number of hydrogen-bond donors (Lipinski definition) is 1. The molecule has 1 saturated carbocycles. The summed E-state index contributed by atoms with van der Waals surface area (Å²) in [5.41, 5.74) is 3.49. The quantitative estimate of drug-likeness (QED) is 0.770. The number of hydrogen-bond acceptors (Lipinski definition) is 3. The third kappa shape index (κ3) is 2.23. The Morgan fingerprint density at radius 2 is 2.00 bits per heavy atom. The first kappa shape index (κ1) is 14.3. The summed E-state index contributed by atoms with van der Waals surface area (Å²) >= 11 is 4.44. The SMILES string of the molecule is CCC12CCc3cc(O)ccc3C1CC1(CC2)SCCS1. The number of phenols is 1. The fraction of sp³-hybridized carbons (Fsp3) is 0.667. The Morgan fingerprint density at radius 3 is 2.76 bits per heavy atom. The maximum atomic E-state index is 9.80. The van der Waals surface area contributed by atoms with Crippen LogP contribution in [0, 0.1) is 5.41 Å². The number of rotatable bonds is 1. The van der Waals surface area contributed by atoms with E-state index < -0.39 is 0 Å². The lowest BCUT2D eigenvalue weighted by Crippen LogP contribution is -2.42. The van der Waals surface area contributed by atoms with Gasteiger partial charge in [0.15, 0.2) is 0 Å². The summed E-state index contributed by atoms with van der Waals surface area (Å²) in [7, 11) is 0. The zero-order valence-corrected chi connectivity index (χ0v) is 14.4. The summed E-state index contributed by atoms with van der Waals surface area (Å²) in [6.45, 7) is 2.39. The van der Waals surface area contributed by atoms with Gasteiger partial charge in [-0.25, -0.2) is 0 Å². The first-order valence-electron chi connectivity index (χ1n) is 8.26. The van der Waals surface area contributed by atoms with Gasteiger partial charge in [-0.15, -0.1) is 23.5 Å². The lowest BCUT2D eigenvalue weighted by atomic mass is 9.56. The molecular formula is C18H24OS2. The van der Waals surface area contributed by atoms with Crippen molar-refractivity contribution in [2.45, 2.75) is 55.4 Å². The molecular weight excluding hydrogens is 296 g/mol. The Hall–Kier alpha value is -0.280. The largest absolute Gasteiger partial charge is 0.508 e. The highest BCUT2D eigenvalue weighted by atomic mass is 32.2. The van der Waals surface area contributed by atoms with Crippen LogP contribution in [0.25, 0.3) is 0 Å². The van der Waals surface area contributed by atoms with Crippen molar-refractivity contribution in [1.82, 2.24) is 0 Å². The minimum Gasteiger partial charge on any atom is -0.508 e. The smallest absolute Gasteiger partial charge is 0.115 e. The first-order valence-corrected chi connectivity index (χ1v) is 10.2. The molecule has 1 spiro atoms. The summed E-state index contributed by atoms with van der Waals surface area (Å²) in [5.74, 6) is 3.81. The van der Waals surface area contributed by atoms with E-state index in [2.05, 4.69) is 36.5 Å². The summed E-state index contributed by atoms with van der Waals surface area (Å²) in [4.78, 5) is 0. The highest BCUT2D eigenvalue weighted by Crippen LogP contribution is 2.64. The summed E-state index contributed by atoms with van der Waals surface area (Å²) < 4.78 is 0.496. The van der Waals surface area contributed by atoms with Crippen molar-refractivity contribution in [2.75, 3.05) is 11.5 Å². The van der Waals surface area contributed by atoms with Gasteiger partial charge in [-0.05, 0) is 73.1 Å². The molecule has 114 valence electrons. The number of fused-ring (bicyclic) bond motifs is 3. The monoisotopic (exact) mass is 320 g/mol. The van der Waals surface area contributed by atoms with Crippen LogP contribution in [0.15, 0.2) is 18.2 Å². The molecule has 2 atom stereocenters. The van der Waals surface area contributed by atoms with Crippen LogP contribution in [0.5, 0.6) is 5.75 Å². The first-order chi connectivity index (χ1) is 10.2. The van der Waals surface area contributed by atoms with Crippen molar-refractivity contribution in [1.29, 1.82) is 0 Å². The van der Waals surface area contributed by atoms with Gasteiger partial charge in [-0.3, -0.25) is 0 Å². The van der Waals surface area contributed by atoms with Gasteiger partial charge in [0.2, 0.25) is 0 Å². The van der Waals surface area contributed by atoms with E-state index in [1.54, 1.807) is 5.56 Å². The average Bonchev–Trinajstić information content (AvgIpc) is 2.95. The van der Waals surface area contributed by atoms with Crippen LogP contribution in [-0.2, 0) is 6.42 Å². The van der Waals surface area contributed by atoms with Crippen LogP contribution in [0.4, 0.5) is 0 Å². The van der Waals surface area contributed by atoms with Crippen LogP contribution in [0.2, 0.25) is 0 Å². The molecule has 2 aliphatic carbocycles. The second-order valence-corrected chi connectivity index (χ2v) is 10.2. The number of thioether (sulfide) groups is 2.